The number of nitrogens with one attached hydrogen (secondary N) is 2. The van der Waals surface area contributed by atoms with E-state index in [4.69, 9.17) is 4.74 Å². The Morgan fingerprint density at radius 1 is 1.35 bits per heavy atom. The van der Waals surface area contributed by atoms with E-state index in [1.165, 1.54) is 6.33 Å². The van der Waals surface area contributed by atoms with E-state index in [0.29, 0.717) is 5.92 Å². The lowest BCUT2D eigenvalue weighted by atomic mass is 10.1. The molecule has 20 heavy (non-hydrogen) atoms. The molecule has 1 atom stereocenters. The van der Waals surface area contributed by atoms with Crippen LogP contribution in [-0.2, 0) is 4.74 Å². The number of nitrogens with zero attached hydrogens (tertiary/aromatic N) is 4. The molecule has 2 N–H and O–H groups in total. The number of anilines is 1. The highest BCUT2D eigenvalue weighted by molar-refractivity contribution is 7.99. The molecule has 7 nitrogen and oxygen atoms in total. The zero-order valence-electron chi connectivity index (χ0n) is 11.0. The number of hydrogen-bond acceptors (Lipinski definition) is 7. The van der Waals surface area contributed by atoms with Gasteiger partial charge >= 0.3 is 0 Å². The maximum absolute atomic E-state index is 5.39. The monoisotopic (exact) mass is 292 g/mol. The number of aromatic nitrogens is 5. The van der Waals surface area contributed by atoms with Crippen LogP contribution < -0.4 is 5.32 Å². The summed E-state index contributed by atoms with van der Waals surface area (Å²) in [6, 6.07) is 2.01. The molecule has 3 heterocycles. The Kier molecular flexibility index (Phi) is 4.44. The Morgan fingerprint density at radius 2 is 2.35 bits per heavy atom. The minimum absolute atomic E-state index is 0.405. The van der Waals surface area contributed by atoms with Crippen molar-refractivity contribution in [2.45, 2.75) is 17.5 Å². The predicted octanol–water partition coefficient (Wildman–Crippen LogP) is 1.30. The van der Waals surface area contributed by atoms with Crippen LogP contribution in [-0.4, -0.2) is 50.7 Å². The fraction of sp³-hybridized carbons (Fsp3) is 0.500. The smallest absolute Gasteiger partial charge is 0.183 e. The third kappa shape index (κ3) is 3.45. The highest BCUT2D eigenvalue weighted by Gasteiger charge is 2.19. The van der Waals surface area contributed by atoms with Gasteiger partial charge in [0.05, 0.1) is 12.3 Å². The number of thioether (sulfide) groups is 1. The van der Waals surface area contributed by atoms with E-state index in [2.05, 4.69) is 30.5 Å². The van der Waals surface area contributed by atoms with Crippen molar-refractivity contribution in [1.82, 2.24) is 25.1 Å². The average molecular weight is 292 g/mol. The van der Waals surface area contributed by atoms with Crippen molar-refractivity contribution in [2.75, 3.05) is 30.8 Å². The molecule has 0 unspecified atom stereocenters. The molecule has 0 radical (unpaired) electrons. The van der Waals surface area contributed by atoms with Crippen LogP contribution in [0.4, 0.5) is 5.82 Å². The van der Waals surface area contributed by atoms with Gasteiger partial charge in [-0.25, -0.2) is 15.0 Å². The second-order valence-corrected chi connectivity index (χ2v) is 5.54. The van der Waals surface area contributed by atoms with Crippen molar-refractivity contribution < 1.29 is 4.74 Å². The van der Waals surface area contributed by atoms with Gasteiger partial charge in [0.25, 0.3) is 0 Å². The topological polar surface area (TPSA) is 88.6 Å². The quantitative estimate of drug-likeness (QED) is 0.613. The van der Waals surface area contributed by atoms with Gasteiger partial charge in [-0.3, -0.25) is 5.10 Å². The van der Waals surface area contributed by atoms with Gasteiger partial charge in [-0.15, -0.1) is 0 Å². The fourth-order valence-electron chi connectivity index (χ4n) is 2.05. The van der Waals surface area contributed by atoms with Crippen molar-refractivity contribution in [3.8, 4) is 0 Å². The van der Waals surface area contributed by atoms with Crippen molar-refractivity contribution in [3.05, 3.63) is 24.4 Å². The van der Waals surface area contributed by atoms with Crippen LogP contribution in [0.5, 0.6) is 0 Å². The van der Waals surface area contributed by atoms with Gasteiger partial charge in [0.15, 0.2) is 5.16 Å². The number of rotatable bonds is 6. The summed E-state index contributed by atoms with van der Waals surface area (Å²) in [4.78, 5) is 12.6. The van der Waals surface area contributed by atoms with Crippen molar-refractivity contribution in [3.63, 3.8) is 0 Å². The Bertz CT molecular complexity index is 529. The minimum atomic E-state index is 0.405. The molecule has 8 heteroatoms. The lowest BCUT2D eigenvalue weighted by molar-refractivity contribution is 0.193. The summed E-state index contributed by atoms with van der Waals surface area (Å²) in [6.07, 6.45) is 4.16. The first-order valence-corrected chi connectivity index (χ1v) is 7.52. The SMILES string of the molecule is c1nc(NCCSc2ncn[nH]2)cc([C@H]2CCOC2)n1. The van der Waals surface area contributed by atoms with Crippen LogP contribution in [0.2, 0.25) is 0 Å². The van der Waals surface area contributed by atoms with E-state index in [1.807, 2.05) is 6.07 Å². The zero-order valence-corrected chi connectivity index (χ0v) is 11.8. The van der Waals surface area contributed by atoms with E-state index in [-0.39, 0.29) is 0 Å². The molecule has 1 aliphatic rings. The van der Waals surface area contributed by atoms with E-state index >= 15 is 0 Å². The summed E-state index contributed by atoms with van der Waals surface area (Å²) in [5, 5.41) is 10.7. The van der Waals surface area contributed by atoms with E-state index < -0.39 is 0 Å². The molecule has 0 bridgehead atoms. The molecule has 0 amide bonds. The molecule has 3 rings (SSSR count). The van der Waals surface area contributed by atoms with Gasteiger partial charge < -0.3 is 10.1 Å². The summed E-state index contributed by atoms with van der Waals surface area (Å²) in [5.74, 6) is 2.16. The maximum Gasteiger partial charge on any atom is 0.183 e. The molecule has 2 aromatic rings. The van der Waals surface area contributed by atoms with Gasteiger partial charge in [0.1, 0.15) is 18.5 Å². The third-order valence-electron chi connectivity index (χ3n) is 3.08. The third-order valence-corrected chi connectivity index (χ3v) is 3.95. The molecule has 1 fully saturated rings. The van der Waals surface area contributed by atoms with E-state index in [9.17, 15) is 0 Å². The normalized spacial score (nSPS) is 18.3. The minimum Gasteiger partial charge on any atom is -0.381 e. The van der Waals surface area contributed by atoms with E-state index in [0.717, 1.165) is 48.6 Å². The standard InChI is InChI=1S/C12H16N6OS/c1-3-19-6-9(1)10-5-11(15-7-14-10)13-2-4-20-12-16-8-17-18-12/h5,7-9H,1-4,6H2,(H,13,14,15)(H,16,17,18)/t9-/m0/s1. The van der Waals surface area contributed by atoms with Gasteiger partial charge in [0.2, 0.25) is 0 Å². The number of H-pyrrole nitrogens is 1. The van der Waals surface area contributed by atoms with Crippen molar-refractivity contribution in [2.24, 2.45) is 0 Å². The summed E-state index contributed by atoms with van der Waals surface area (Å²) < 4.78 is 5.39. The summed E-state index contributed by atoms with van der Waals surface area (Å²) in [5.41, 5.74) is 1.06. The van der Waals surface area contributed by atoms with E-state index in [1.54, 1.807) is 18.1 Å². The lowest BCUT2D eigenvalue weighted by Crippen LogP contribution is -2.08. The zero-order chi connectivity index (χ0) is 13.6. The Balaban J connectivity index is 1.48. The van der Waals surface area contributed by atoms with Gasteiger partial charge in [-0.1, -0.05) is 11.8 Å². The van der Waals surface area contributed by atoms with Gasteiger partial charge in [-0.05, 0) is 6.42 Å². The molecule has 2 aromatic heterocycles. The summed E-state index contributed by atoms with van der Waals surface area (Å²) in [7, 11) is 0. The summed E-state index contributed by atoms with van der Waals surface area (Å²) in [6.45, 7) is 2.39. The highest BCUT2D eigenvalue weighted by atomic mass is 32.2. The fourth-order valence-corrected chi connectivity index (χ4v) is 2.69. The molecule has 0 saturated carbocycles. The number of ether oxygens (including phenoxy) is 1. The number of hydrogen-bond donors (Lipinski definition) is 2. The van der Waals surface area contributed by atoms with Gasteiger partial charge in [-0.2, -0.15) is 5.10 Å². The Labute approximate surface area is 121 Å². The van der Waals surface area contributed by atoms with Crippen LogP contribution in [0.25, 0.3) is 0 Å². The van der Waals surface area contributed by atoms with Crippen LogP contribution >= 0.6 is 11.8 Å². The molecule has 0 spiro atoms. The molecule has 1 aliphatic heterocycles. The summed E-state index contributed by atoms with van der Waals surface area (Å²) >= 11 is 1.62. The Morgan fingerprint density at radius 3 is 3.15 bits per heavy atom. The first-order chi connectivity index (χ1) is 9.92. The lowest BCUT2D eigenvalue weighted by Gasteiger charge is -2.09. The Hall–Kier alpha value is -1.67. The first-order valence-electron chi connectivity index (χ1n) is 6.53. The largest absolute Gasteiger partial charge is 0.381 e. The highest BCUT2D eigenvalue weighted by Crippen LogP contribution is 2.24. The van der Waals surface area contributed by atoms with Crippen LogP contribution in [0.15, 0.2) is 23.9 Å². The van der Waals surface area contributed by atoms with Crippen molar-refractivity contribution >= 4 is 17.6 Å². The van der Waals surface area contributed by atoms with Crippen LogP contribution in [0.3, 0.4) is 0 Å². The molecular weight excluding hydrogens is 276 g/mol. The predicted molar refractivity (Wildman–Crippen MR) is 75.8 cm³/mol. The number of aromatic amines is 1. The molecule has 1 saturated heterocycles. The van der Waals surface area contributed by atoms with Crippen LogP contribution in [0.1, 0.15) is 18.0 Å². The molecule has 0 aromatic carbocycles. The molecule has 106 valence electrons. The van der Waals surface area contributed by atoms with Crippen molar-refractivity contribution in [1.29, 1.82) is 0 Å². The maximum atomic E-state index is 5.39. The van der Waals surface area contributed by atoms with Gasteiger partial charge in [0, 0.05) is 30.9 Å². The molecule has 0 aliphatic carbocycles. The average Bonchev–Trinajstić information content (AvgIpc) is 3.17. The van der Waals surface area contributed by atoms with Crippen LogP contribution in [0, 0.1) is 0 Å². The first kappa shape index (κ1) is 13.3. The second kappa shape index (κ2) is 6.67. The molecular formula is C12H16N6OS. The second-order valence-electron chi connectivity index (χ2n) is 4.45.